The number of carbonyl (C=O) groups excluding carboxylic acids is 1. The van der Waals surface area contributed by atoms with Crippen LogP contribution in [-0.4, -0.2) is 57.0 Å². The second kappa shape index (κ2) is 9.11. The minimum Gasteiger partial charge on any atom is -0.338 e. The number of nitrogens with zero attached hydrogens (tertiary/aromatic N) is 5. The number of aryl methyl sites for hydroxylation is 1. The molecule has 3 aromatic heterocycles. The zero-order chi connectivity index (χ0) is 22.1. The zero-order valence-corrected chi connectivity index (χ0v) is 19.7. The monoisotopic (exact) mass is 485 g/mol. The number of rotatable bonds is 5. The summed E-state index contributed by atoms with van der Waals surface area (Å²) in [7, 11) is 0. The Labute approximate surface area is 198 Å². The first-order valence-corrected chi connectivity index (χ1v) is 12.3. The summed E-state index contributed by atoms with van der Waals surface area (Å²) in [6.45, 7) is 5.35. The van der Waals surface area contributed by atoms with Crippen LogP contribution in [0.1, 0.15) is 21.9 Å². The van der Waals surface area contributed by atoms with E-state index in [1.807, 2.05) is 53.6 Å². The van der Waals surface area contributed by atoms with E-state index in [1.165, 1.54) is 22.7 Å². The van der Waals surface area contributed by atoms with E-state index in [0.29, 0.717) is 41.4 Å². The lowest BCUT2D eigenvalue weighted by Crippen LogP contribution is -2.48. The number of thiazole rings is 1. The summed E-state index contributed by atoms with van der Waals surface area (Å²) in [6, 6.07) is 11.8. The standard InChI is InChI=1S/C22H20ClN5O2S2/c1-14-4-2-3-5-15(14)20-25-19(30-26-20)12-27-8-10-28(11-9-27)22(29)16-13-31-21(24-16)17-6-7-18(23)32-17/h2-7,13H,8-12H2,1H3. The lowest BCUT2D eigenvalue weighted by atomic mass is 10.1. The van der Waals surface area contributed by atoms with Crippen LogP contribution in [0, 0.1) is 6.92 Å². The smallest absolute Gasteiger partial charge is 0.273 e. The van der Waals surface area contributed by atoms with Crippen LogP contribution in [0.25, 0.3) is 21.3 Å². The fraction of sp³-hybridized carbons (Fsp3) is 0.273. The van der Waals surface area contributed by atoms with Gasteiger partial charge in [-0.15, -0.1) is 22.7 Å². The summed E-state index contributed by atoms with van der Waals surface area (Å²) in [5.74, 6) is 1.16. The summed E-state index contributed by atoms with van der Waals surface area (Å²) in [4.78, 5) is 27.0. The Morgan fingerprint density at radius 1 is 1.12 bits per heavy atom. The fourth-order valence-electron chi connectivity index (χ4n) is 3.63. The molecule has 10 heteroatoms. The Morgan fingerprint density at radius 3 is 2.69 bits per heavy atom. The van der Waals surface area contributed by atoms with Crippen molar-refractivity contribution >= 4 is 40.2 Å². The van der Waals surface area contributed by atoms with E-state index in [0.717, 1.165) is 34.1 Å². The predicted octanol–water partition coefficient (Wildman–Crippen LogP) is 4.84. The van der Waals surface area contributed by atoms with Crippen LogP contribution in [-0.2, 0) is 6.54 Å². The molecule has 0 unspecified atom stereocenters. The third-order valence-corrected chi connectivity index (χ3v) is 7.62. The molecule has 1 aromatic carbocycles. The summed E-state index contributed by atoms with van der Waals surface area (Å²) < 4.78 is 6.18. The number of piperazine rings is 1. The topological polar surface area (TPSA) is 75.4 Å². The van der Waals surface area contributed by atoms with Gasteiger partial charge in [-0.2, -0.15) is 4.98 Å². The van der Waals surface area contributed by atoms with Crippen molar-refractivity contribution in [2.75, 3.05) is 26.2 Å². The van der Waals surface area contributed by atoms with Gasteiger partial charge in [0.05, 0.1) is 15.8 Å². The molecule has 1 aliphatic heterocycles. The van der Waals surface area contributed by atoms with Gasteiger partial charge < -0.3 is 9.42 Å². The highest BCUT2D eigenvalue weighted by Crippen LogP contribution is 2.33. The Kier molecular flexibility index (Phi) is 6.05. The van der Waals surface area contributed by atoms with Gasteiger partial charge in [-0.05, 0) is 24.6 Å². The van der Waals surface area contributed by atoms with Crippen LogP contribution >= 0.6 is 34.3 Å². The second-order valence-corrected chi connectivity index (χ2v) is 10.1. The van der Waals surface area contributed by atoms with Crippen LogP contribution in [0.3, 0.4) is 0 Å². The Bertz CT molecular complexity index is 1240. The molecule has 0 aliphatic carbocycles. The molecule has 7 nitrogen and oxygen atoms in total. The molecule has 1 saturated heterocycles. The van der Waals surface area contributed by atoms with Gasteiger partial charge in [0.1, 0.15) is 10.7 Å². The van der Waals surface area contributed by atoms with Crippen molar-refractivity contribution in [1.82, 2.24) is 24.9 Å². The SMILES string of the molecule is Cc1ccccc1-c1noc(CN2CCN(C(=O)c3csc(-c4ccc(Cl)s4)n3)CC2)n1. The van der Waals surface area contributed by atoms with Crippen molar-refractivity contribution < 1.29 is 9.32 Å². The quantitative estimate of drug-likeness (QED) is 0.402. The maximum absolute atomic E-state index is 12.9. The predicted molar refractivity (Wildman–Crippen MR) is 126 cm³/mol. The first-order chi connectivity index (χ1) is 15.6. The van der Waals surface area contributed by atoms with E-state index >= 15 is 0 Å². The van der Waals surface area contributed by atoms with E-state index in [9.17, 15) is 4.79 Å². The second-order valence-electron chi connectivity index (χ2n) is 7.54. The summed E-state index contributed by atoms with van der Waals surface area (Å²) >= 11 is 8.95. The Balaban J connectivity index is 1.17. The summed E-state index contributed by atoms with van der Waals surface area (Å²) in [5, 5.41) is 6.78. The maximum atomic E-state index is 12.9. The molecule has 5 rings (SSSR count). The Hall–Kier alpha value is -2.59. The average Bonchev–Trinajstić information content (AvgIpc) is 3.55. The molecular formula is C22H20ClN5O2S2. The van der Waals surface area contributed by atoms with Crippen molar-refractivity contribution in [3.63, 3.8) is 0 Å². The number of hydrogen-bond donors (Lipinski definition) is 0. The molecule has 164 valence electrons. The molecule has 0 N–H and O–H groups in total. The molecule has 4 heterocycles. The minimum absolute atomic E-state index is 0.0329. The average molecular weight is 486 g/mol. The van der Waals surface area contributed by atoms with Gasteiger partial charge in [-0.25, -0.2) is 4.98 Å². The number of benzene rings is 1. The van der Waals surface area contributed by atoms with Crippen molar-refractivity contribution in [1.29, 1.82) is 0 Å². The van der Waals surface area contributed by atoms with E-state index < -0.39 is 0 Å². The van der Waals surface area contributed by atoms with E-state index in [1.54, 1.807) is 0 Å². The van der Waals surface area contributed by atoms with Crippen molar-refractivity contribution in [3.05, 3.63) is 63.3 Å². The fourth-order valence-corrected chi connectivity index (χ4v) is 5.54. The number of amides is 1. The number of carbonyl (C=O) groups is 1. The molecule has 0 atom stereocenters. The van der Waals surface area contributed by atoms with Crippen LogP contribution in [0.4, 0.5) is 0 Å². The lowest BCUT2D eigenvalue weighted by molar-refractivity contribution is 0.0610. The van der Waals surface area contributed by atoms with Gasteiger partial charge in [0.25, 0.3) is 5.91 Å². The first-order valence-electron chi connectivity index (χ1n) is 10.2. The molecule has 0 radical (unpaired) electrons. The normalized spacial score (nSPS) is 14.8. The van der Waals surface area contributed by atoms with Crippen LogP contribution in [0.15, 0.2) is 46.3 Å². The Morgan fingerprint density at radius 2 is 1.94 bits per heavy atom. The van der Waals surface area contributed by atoms with Gasteiger partial charge in [0.2, 0.25) is 11.7 Å². The third-order valence-electron chi connectivity index (χ3n) is 5.38. The molecule has 0 bridgehead atoms. The summed E-state index contributed by atoms with van der Waals surface area (Å²) in [5.41, 5.74) is 2.58. The molecule has 1 fully saturated rings. The van der Waals surface area contributed by atoms with Crippen LogP contribution < -0.4 is 0 Å². The van der Waals surface area contributed by atoms with Gasteiger partial charge >= 0.3 is 0 Å². The number of thiophene rings is 1. The van der Waals surface area contributed by atoms with E-state index in [-0.39, 0.29) is 5.91 Å². The highest BCUT2D eigenvalue weighted by Gasteiger charge is 2.25. The van der Waals surface area contributed by atoms with Gasteiger partial charge in [-0.1, -0.05) is 41.0 Å². The van der Waals surface area contributed by atoms with Gasteiger partial charge in [0.15, 0.2) is 0 Å². The first kappa shape index (κ1) is 21.3. The maximum Gasteiger partial charge on any atom is 0.273 e. The van der Waals surface area contributed by atoms with Gasteiger partial charge in [-0.3, -0.25) is 9.69 Å². The van der Waals surface area contributed by atoms with Crippen molar-refractivity contribution in [2.24, 2.45) is 0 Å². The van der Waals surface area contributed by atoms with Crippen LogP contribution in [0.2, 0.25) is 4.34 Å². The lowest BCUT2D eigenvalue weighted by Gasteiger charge is -2.33. The van der Waals surface area contributed by atoms with Crippen molar-refractivity contribution in [3.8, 4) is 21.3 Å². The number of halogens is 1. The molecule has 1 aliphatic rings. The zero-order valence-electron chi connectivity index (χ0n) is 17.3. The number of aromatic nitrogens is 3. The molecule has 0 saturated carbocycles. The molecule has 4 aromatic rings. The van der Waals surface area contributed by atoms with Crippen LogP contribution in [0.5, 0.6) is 0 Å². The summed E-state index contributed by atoms with van der Waals surface area (Å²) in [6.07, 6.45) is 0. The van der Waals surface area contributed by atoms with E-state index in [4.69, 9.17) is 16.1 Å². The molecule has 1 amide bonds. The van der Waals surface area contributed by atoms with Gasteiger partial charge in [0, 0.05) is 37.1 Å². The van der Waals surface area contributed by atoms with Crippen molar-refractivity contribution in [2.45, 2.75) is 13.5 Å². The molecule has 0 spiro atoms. The number of hydrogen-bond acceptors (Lipinski definition) is 8. The largest absolute Gasteiger partial charge is 0.338 e. The minimum atomic E-state index is -0.0329. The third kappa shape index (κ3) is 4.47. The van der Waals surface area contributed by atoms with E-state index in [2.05, 4.69) is 20.0 Å². The molecule has 32 heavy (non-hydrogen) atoms. The highest BCUT2D eigenvalue weighted by atomic mass is 35.5. The molecular weight excluding hydrogens is 466 g/mol. The highest BCUT2D eigenvalue weighted by molar-refractivity contribution is 7.23.